The first-order chi connectivity index (χ1) is 37.9. The van der Waals surface area contributed by atoms with E-state index < -0.39 is 0 Å². The van der Waals surface area contributed by atoms with Gasteiger partial charge in [0.15, 0.2) is 0 Å². The Kier molecular flexibility index (Phi) is 10.8. The lowest BCUT2D eigenvalue weighted by Crippen LogP contribution is -2.31. The molecule has 0 atom stereocenters. The smallest absolute Gasteiger partial charge is 0.0561 e. The van der Waals surface area contributed by atoms with Crippen LogP contribution in [0.3, 0.4) is 0 Å². The maximum Gasteiger partial charge on any atom is 0.0561 e. The Hall–Kier alpha value is -9.12. The van der Waals surface area contributed by atoms with E-state index >= 15 is 0 Å². The summed E-state index contributed by atoms with van der Waals surface area (Å²) in [5.41, 5.74) is 19.5. The summed E-state index contributed by atoms with van der Waals surface area (Å²) in [5.74, 6) is 0. The van der Waals surface area contributed by atoms with Gasteiger partial charge in [-0.2, -0.15) is 0 Å². The van der Waals surface area contributed by atoms with Crippen LogP contribution in [-0.4, -0.2) is 0 Å². The number of hydrogen-bond acceptors (Lipinski definition) is 4. The fourth-order valence-corrected chi connectivity index (χ4v) is 13.1. The third-order valence-electron chi connectivity index (χ3n) is 17.0. The Bertz CT molecular complexity index is 3990. The first-order valence-electron chi connectivity index (χ1n) is 27.5. The lowest BCUT2D eigenvalue weighted by Gasteiger charge is -2.43. The van der Waals surface area contributed by atoms with Crippen molar-refractivity contribution in [2.24, 2.45) is 0 Å². The van der Waals surface area contributed by atoms with Crippen molar-refractivity contribution < 1.29 is 0 Å². The third kappa shape index (κ3) is 7.34. The van der Waals surface area contributed by atoms with Gasteiger partial charge in [-0.3, -0.25) is 0 Å². The molecule has 0 aliphatic carbocycles. The summed E-state index contributed by atoms with van der Waals surface area (Å²) < 4.78 is 0. The number of para-hydroxylation sites is 6. The molecule has 4 heteroatoms. The van der Waals surface area contributed by atoms with E-state index in [9.17, 15) is 0 Å². The van der Waals surface area contributed by atoms with E-state index in [4.69, 9.17) is 0 Å². The van der Waals surface area contributed by atoms with Gasteiger partial charge in [0.2, 0.25) is 0 Å². The fourth-order valence-electron chi connectivity index (χ4n) is 13.1. The SMILES string of the molecule is CC(C)(C)c1cc2ccc3c(N(c4ccccc4)c4ccc5c(c4)C(C)(C)c4ccccc4N5c4ccccc4)cc(N(c4ccccc4)c4ccc5c(c4)C(C)(C)c4ccccc4N5c4ccccc4)c4ccc(c1)c2c34. The van der Waals surface area contributed by atoms with Crippen LogP contribution in [0.1, 0.15) is 76.3 Å². The highest BCUT2D eigenvalue weighted by molar-refractivity contribution is 6.29. The van der Waals surface area contributed by atoms with E-state index in [0.29, 0.717) is 0 Å². The molecule has 12 aromatic rings. The summed E-state index contributed by atoms with van der Waals surface area (Å²) in [7, 11) is 0. The van der Waals surface area contributed by atoms with Crippen molar-refractivity contribution in [2.75, 3.05) is 19.6 Å². The van der Waals surface area contributed by atoms with E-state index in [1.807, 2.05) is 0 Å². The Morgan fingerprint density at radius 1 is 0.321 bits per heavy atom. The molecule has 78 heavy (non-hydrogen) atoms. The number of anilines is 12. The van der Waals surface area contributed by atoms with E-state index in [-0.39, 0.29) is 16.2 Å². The normalized spacial score (nSPS) is 14.2. The van der Waals surface area contributed by atoms with Crippen molar-refractivity contribution in [2.45, 2.75) is 64.7 Å². The Morgan fingerprint density at radius 2 is 0.692 bits per heavy atom. The van der Waals surface area contributed by atoms with Gasteiger partial charge in [-0.15, -0.1) is 0 Å². The standard InChI is InChI=1S/C74H62N4/c1-72(2,3)51-44-49-36-40-58-68(75(52-24-12-8-13-25-52)56-38-42-66-62(46-56)73(4,5)60-32-20-22-34-64(60)77(66)54-28-16-10-17-29-54)48-69(59-41-37-50(45-51)70(49)71(58)59)76(53-26-14-9-15-27-53)57-39-43-67-63(47-57)74(6,7)61-33-21-23-35-65(61)78(67)55-30-18-11-19-31-55/h8-48H,1-7H3. The van der Waals surface area contributed by atoms with Crippen LogP contribution in [0.5, 0.6) is 0 Å². The summed E-state index contributed by atoms with van der Waals surface area (Å²) in [6.07, 6.45) is 0. The highest BCUT2D eigenvalue weighted by Gasteiger charge is 2.40. The molecule has 0 bridgehead atoms. The molecule has 12 aromatic carbocycles. The first kappa shape index (κ1) is 47.3. The molecule has 0 spiro atoms. The average molecular weight is 1010 g/mol. The van der Waals surface area contributed by atoms with Crippen LogP contribution in [0.15, 0.2) is 249 Å². The number of benzene rings is 12. The van der Waals surface area contributed by atoms with Gasteiger partial charge in [-0.1, -0.05) is 194 Å². The molecule has 0 radical (unpaired) electrons. The summed E-state index contributed by atoms with van der Waals surface area (Å²) in [6.45, 7) is 16.5. The van der Waals surface area contributed by atoms with E-state index in [1.165, 1.54) is 82.9 Å². The number of nitrogens with zero attached hydrogens (tertiary/aromatic N) is 4. The molecular weight excluding hydrogens is 945 g/mol. The predicted octanol–water partition coefficient (Wildman–Crippen LogP) is 21.0. The van der Waals surface area contributed by atoms with Crippen molar-refractivity contribution in [1.82, 2.24) is 0 Å². The zero-order valence-electron chi connectivity index (χ0n) is 45.5. The molecule has 378 valence electrons. The Balaban J connectivity index is 1.06. The molecule has 2 heterocycles. The third-order valence-corrected chi connectivity index (χ3v) is 17.0. The monoisotopic (exact) mass is 1010 g/mol. The van der Waals surface area contributed by atoms with Crippen LogP contribution >= 0.6 is 0 Å². The molecule has 0 aromatic heterocycles. The molecule has 2 aliphatic heterocycles. The summed E-state index contributed by atoms with van der Waals surface area (Å²) in [4.78, 5) is 9.94. The minimum Gasteiger partial charge on any atom is -0.310 e. The Labute approximate surface area is 459 Å². The van der Waals surface area contributed by atoms with Gasteiger partial charge >= 0.3 is 0 Å². The van der Waals surface area contributed by atoms with E-state index in [0.717, 1.165) is 45.5 Å². The van der Waals surface area contributed by atoms with Gasteiger partial charge in [0.25, 0.3) is 0 Å². The molecular formula is C74H62N4. The van der Waals surface area contributed by atoms with Crippen LogP contribution in [0, 0.1) is 0 Å². The van der Waals surface area contributed by atoms with Gasteiger partial charge in [0.1, 0.15) is 0 Å². The van der Waals surface area contributed by atoms with Crippen LogP contribution in [0.25, 0.3) is 32.3 Å². The van der Waals surface area contributed by atoms with Gasteiger partial charge in [-0.05, 0) is 153 Å². The lowest BCUT2D eigenvalue weighted by molar-refractivity contribution is 0.591. The molecule has 0 saturated carbocycles. The van der Waals surface area contributed by atoms with Gasteiger partial charge < -0.3 is 19.6 Å². The molecule has 2 aliphatic rings. The van der Waals surface area contributed by atoms with Crippen LogP contribution in [0.4, 0.5) is 68.2 Å². The molecule has 0 unspecified atom stereocenters. The molecule has 0 saturated heterocycles. The molecule has 14 rings (SSSR count). The van der Waals surface area contributed by atoms with Gasteiger partial charge in [-0.25, -0.2) is 0 Å². The van der Waals surface area contributed by atoms with E-state index in [1.54, 1.807) is 0 Å². The van der Waals surface area contributed by atoms with E-state index in [2.05, 4.69) is 317 Å². The minimum absolute atomic E-state index is 0.0251. The van der Waals surface area contributed by atoms with Crippen molar-refractivity contribution in [3.05, 3.63) is 277 Å². The zero-order chi connectivity index (χ0) is 53.1. The fraction of sp³-hybridized carbons (Fsp3) is 0.135. The summed E-state index contributed by atoms with van der Waals surface area (Å²) >= 11 is 0. The van der Waals surface area contributed by atoms with Gasteiger partial charge in [0, 0.05) is 61.1 Å². The largest absolute Gasteiger partial charge is 0.310 e. The topological polar surface area (TPSA) is 13.0 Å². The number of fused-ring (bicyclic) bond motifs is 4. The number of rotatable bonds is 8. The second-order valence-corrected chi connectivity index (χ2v) is 23.4. The molecule has 0 amide bonds. The van der Waals surface area contributed by atoms with Crippen molar-refractivity contribution in [3.63, 3.8) is 0 Å². The highest BCUT2D eigenvalue weighted by atomic mass is 15.2. The van der Waals surface area contributed by atoms with Crippen LogP contribution in [-0.2, 0) is 16.2 Å². The quantitative estimate of drug-likeness (QED) is 0.141. The van der Waals surface area contributed by atoms with Crippen molar-refractivity contribution in [3.8, 4) is 0 Å². The van der Waals surface area contributed by atoms with Crippen LogP contribution < -0.4 is 19.6 Å². The maximum absolute atomic E-state index is 2.52. The summed E-state index contributed by atoms with van der Waals surface area (Å²) in [5, 5.41) is 7.43. The summed E-state index contributed by atoms with van der Waals surface area (Å²) in [6, 6.07) is 92.7. The Morgan fingerprint density at radius 3 is 1.10 bits per heavy atom. The predicted molar refractivity (Wildman–Crippen MR) is 332 cm³/mol. The second-order valence-electron chi connectivity index (χ2n) is 23.4. The van der Waals surface area contributed by atoms with Gasteiger partial charge in [0.05, 0.1) is 34.1 Å². The maximum atomic E-state index is 2.52. The minimum atomic E-state index is -0.310. The van der Waals surface area contributed by atoms with Crippen molar-refractivity contribution in [1.29, 1.82) is 0 Å². The average Bonchev–Trinajstić information content (AvgIpc) is 3.66. The van der Waals surface area contributed by atoms with Crippen molar-refractivity contribution >= 4 is 101 Å². The number of hydrogen-bond donors (Lipinski definition) is 0. The zero-order valence-corrected chi connectivity index (χ0v) is 45.5. The molecule has 0 N–H and O–H groups in total. The first-order valence-corrected chi connectivity index (χ1v) is 27.5. The molecule has 4 nitrogen and oxygen atoms in total. The highest BCUT2D eigenvalue weighted by Crippen LogP contribution is 2.57. The lowest BCUT2D eigenvalue weighted by atomic mass is 9.73. The van der Waals surface area contributed by atoms with Crippen LogP contribution in [0.2, 0.25) is 0 Å². The molecule has 0 fully saturated rings. The second kappa shape index (κ2) is 17.7.